The number of rotatable bonds is 16. The van der Waals surface area contributed by atoms with Crippen LogP contribution in [0.25, 0.3) is 0 Å². The van der Waals surface area contributed by atoms with Gasteiger partial charge in [-0.15, -0.1) is 0 Å². The van der Waals surface area contributed by atoms with E-state index < -0.39 is 12.1 Å². The number of carboxylic acids is 1. The van der Waals surface area contributed by atoms with Gasteiger partial charge in [-0.05, 0) is 37.6 Å². The number of amides is 2. The van der Waals surface area contributed by atoms with Crippen LogP contribution in [-0.2, 0) is 14.3 Å². The smallest absolute Gasteiger partial charge is 0.413 e. The molecule has 1 aliphatic heterocycles. The predicted molar refractivity (Wildman–Crippen MR) is 131 cm³/mol. The zero-order valence-corrected chi connectivity index (χ0v) is 20.7. The topological polar surface area (TPSA) is 141 Å². The molecule has 0 aromatic carbocycles. The second kappa shape index (κ2) is 15.5. The van der Waals surface area contributed by atoms with E-state index in [-0.39, 0.29) is 36.9 Å². The summed E-state index contributed by atoms with van der Waals surface area (Å²) in [6.07, 6.45) is 10.7. The Morgan fingerprint density at radius 2 is 1.68 bits per heavy atom. The number of unbranched alkanes of at least 4 members (excludes halogenated alkanes) is 8. The molecular weight excluding hydrogens is 438 g/mol. The van der Waals surface area contributed by atoms with Crippen LogP contribution in [0.15, 0.2) is 4.99 Å². The van der Waals surface area contributed by atoms with Gasteiger partial charge in [-0.25, -0.2) is 4.79 Å². The van der Waals surface area contributed by atoms with Crippen molar-refractivity contribution >= 4 is 23.9 Å². The molecule has 10 nitrogen and oxygen atoms in total. The maximum absolute atomic E-state index is 12.2. The van der Waals surface area contributed by atoms with Gasteiger partial charge in [-0.3, -0.25) is 19.9 Å². The minimum absolute atomic E-state index is 0.138. The Morgan fingerprint density at radius 1 is 1.00 bits per heavy atom. The summed E-state index contributed by atoms with van der Waals surface area (Å²) in [5, 5.41) is 20.3. The lowest BCUT2D eigenvalue weighted by molar-refractivity contribution is -0.138. The highest BCUT2D eigenvalue weighted by molar-refractivity contribution is 5.94. The third kappa shape index (κ3) is 9.87. The summed E-state index contributed by atoms with van der Waals surface area (Å²) in [5.41, 5.74) is 0. The average molecular weight is 482 g/mol. The largest absolute Gasteiger partial charge is 0.480 e. The molecule has 1 saturated heterocycles. The third-order valence-electron chi connectivity index (χ3n) is 6.58. The maximum atomic E-state index is 12.2. The number of fused-ring (bicyclic) bond motifs is 1. The summed E-state index contributed by atoms with van der Waals surface area (Å²) < 4.78 is 4.98. The van der Waals surface area contributed by atoms with Crippen molar-refractivity contribution < 1.29 is 24.2 Å². The number of piperidine rings is 1. The van der Waals surface area contributed by atoms with Crippen LogP contribution in [0.3, 0.4) is 0 Å². The van der Waals surface area contributed by atoms with Crippen LogP contribution in [0.5, 0.6) is 0 Å². The van der Waals surface area contributed by atoms with Gasteiger partial charge in [0.2, 0.25) is 11.9 Å². The molecule has 5 N–H and O–H groups in total. The van der Waals surface area contributed by atoms with Gasteiger partial charge in [-0.1, -0.05) is 58.3 Å². The molecule has 4 atom stereocenters. The number of aliphatic carboxylic acids is 1. The summed E-state index contributed by atoms with van der Waals surface area (Å²) in [6.45, 7) is 5.81. The molecule has 2 amide bonds. The first-order valence-electron chi connectivity index (χ1n) is 12.9. The lowest BCUT2D eigenvalue weighted by atomic mass is 10.1. The lowest BCUT2D eigenvalue weighted by Crippen LogP contribution is -2.45. The molecule has 2 fully saturated rings. The fourth-order valence-corrected chi connectivity index (χ4v) is 4.70. The molecule has 34 heavy (non-hydrogen) atoms. The van der Waals surface area contributed by atoms with Crippen molar-refractivity contribution in [1.82, 2.24) is 21.3 Å². The van der Waals surface area contributed by atoms with Gasteiger partial charge in [0.1, 0.15) is 6.54 Å². The number of carbonyl (C=O) groups excluding carboxylic acids is 2. The van der Waals surface area contributed by atoms with Crippen LogP contribution in [0.2, 0.25) is 0 Å². The Kier molecular flexibility index (Phi) is 12.7. The average Bonchev–Trinajstić information content (AvgIpc) is 3.30. The molecule has 0 bridgehead atoms. The Hall–Kier alpha value is -2.36. The molecule has 1 saturated carbocycles. The number of guanidine groups is 1. The van der Waals surface area contributed by atoms with Gasteiger partial charge < -0.3 is 25.8 Å². The summed E-state index contributed by atoms with van der Waals surface area (Å²) in [7, 11) is 0. The highest BCUT2D eigenvalue weighted by atomic mass is 16.5. The van der Waals surface area contributed by atoms with Crippen molar-refractivity contribution in [3.05, 3.63) is 0 Å². The molecule has 0 aromatic heterocycles. The van der Waals surface area contributed by atoms with E-state index in [4.69, 9.17) is 9.84 Å². The van der Waals surface area contributed by atoms with E-state index in [9.17, 15) is 14.4 Å². The monoisotopic (exact) mass is 481 g/mol. The fraction of sp³-hybridized carbons (Fsp3) is 0.833. The van der Waals surface area contributed by atoms with Crippen LogP contribution in [0.1, 0.15) is 71.6 Å². The van der Waals surface area contributed by atoms with Gasteiger partial charge in [-0.2, -0.15) is 0 Å². The highest BCUT2D eigenvalue weighted by Crippen LogP contribution is 2.52. The first-order valence-corrected chi connectivity index (χ1v) is 12.9. The van der Waals surface area contributed by atoms with Gasteiger partial charge in [0.05, 0.1) is 12.6 Å². The number of nitrogens with one attached hydrogen (secondary N) is 4. The minimum Gasteiger partial charge on any atom is -0.480 e. The SMILES string of the molecule is CCCCCCCCCCCNC(=NC[C@@H]1[C@H]2CN[C@H](C(=O)NCC(=O)O)[C@@H]12)NC(=O)OCC. The van der Waals surface area contributed by atoms with Crippen molar-refractivity contribution in [2.45, 2.75) is 77.7 Å². The van der Waals surface area contributed by atoms with Crippen molar-refractivity contribution in [3.8, 4) is 0 Å². The van der Waals surface area contributed by atoms with Crippen LogP contribution in [0.4, 0.5) is 4.79 Å². The van der Waals surface area contributed by atoms with Crippen molar-refractivity contribution in [1.29, 1.82) is 0 Å². The quantitative estimate of drug-likeness (QED) is 0.129. The molecule has 1 aliphatic carbocycles. The number of ether oxygens (including phenoxy) is 1. The Labute approximate surface area is 203 Å². The minimum atomic E-state index is -1.06. The second-order valence-corrected chi connectivity index (χ2v) is 9.19. The molecule has 194 valence electrons. The lowest BCUT2D eigenvalue weighted by Gasteiger charge is -2.15. The molecule has 0 aromatic rings. The Morgan fingerprint density at radius 3 is 2.32 bits per heavy atom. The standard InChI is InChI=1S/C24H43N5O5/c1-3-5-6-7-8-9-10-11-12-13-25-23(29-24(33)34-4-2)28-15-18-17-14-26-21(20(17)18)22(32)27-16-19(30)31/h17-18,20-21,26H,3-16H2,1-2H3,(H,27,32)(H,30,31)(H2,25,28,29,33)/t17-,18-,20-,21+/m1/s1. The number of alkyl carbamates (subject to hydrolysis) is 1. The zero-order valence-electron chi connectivity index (χ0n) is 20.7. The predicted octanol–water partition coefficient (Wildman–Crippen LogP) is 2.24. The molecule has 2 rings (SSSR count). The molecule has 10 heteroatoms. The van der Waals surface area contributed by atoms with Gasteiger partial charge in [0.15, 0.2) is 0 Å². The molecule has 1 heterocycles. The molecule has 2 aliphatic rings. The van der Waals surface area contributed by atoms with E-state index in [0.29, 0.717) is 25.0 Å². The van der Waals surface area contributed by atoms with Crippen LogP contribution < -0.4 is 21.3 Å². The highest BCUT2D eigenvalue weighted by Gasteiger charge is 2.59. The zero-order chi connectivity index (χ0) is 24.8. The fourth-order valence-electron chi connectivity index (χ4n) is 4.70. The number of carbonyl (C=O) groups is 3. The normalized spacial score (nSPS) is 23.2. The van der Waals surface area contributed by atoms with Crippen molar-refractivity contribution in [3.63, 3.8) is 0 Å². The van der Waals surface area contributed by atoms with Crippen LogP contribution in [-0.4, -0.2) is 67.9 Å². The number of aliphatic imine (C=N–C) groups is 1. The van der Waals surface area contributed by atoms with Crippen molar-refractivity contribution in [2.24, 2.45) is 22.7 Å². The third-order valence-corrected chi connectivity index (χ3v) is 6.58. The van der Waals surface area contributed by atoms with Crippen LogP contribution in [0, 0.1) is 17.8 Å². The van der Waals surface area contributed by atoms with E-state index in [1.165, 1.54) is 44.9 Å². The maximum Gasteiger partial charge on any atom is 0.413 e. The summed E-state index contributed by atoms with van der Waals surface area (Å²) >= 11 is 0. The number of carboxylic acid groups (broad SMARTS) is 1. The van der Waals surface area contributed by atoms with Gasteiger partial charge >= 0.3 is 12.1 Å². The van der Waals surface area contributed by atoms with Crippen LogP contribution >= 0.6 is 0 Å². The van der Waals surface area contributed by atoms with Gasteiger partial charge in [0.25, 0.3) is 0 Å². The summed E-state index contributed by atoms with van der Waals surface area (Å²) in [5.74, 6) is -0.232. The number of hydrogen-bond donors (Lipinski definition) is 5. The number of nitrogens with zero attached hydrogens (tertiary/aromatic N) is 1. The first-order chi connectivity index (χ1) is 16.5. The van der Waals surface area contributed by atoms with E-state index in [0.717, 1.165) is 19.4 Å². The number of hydrogen-bond acceptors (Lipinski definition) is 6. The Balaban J connectivity index is 1.73. The summed E-state index contributed by atoms with van der Waals surface area (Å²) in [6, 6.07) is -0.388. The molecular formula is C24H43N5O5. The molecule has 0 radical (unpaired) electrons. The van der Waals surface area contributed by atoms with E-state index in [1.807, 2.05) is 0 Å². The van der Waals surface area contributed by atoms with E-state index in [2.05, 4.69) is 33.2 Å². The molecule has 0 spiro atoms. The molecule has 0 unspecified atom stereocenters. The van der Waals surface area contributed by atoms with Crippen molar-refractivity contribution in [2.75, 3.05) is 32.8 Å². The van der Waals surface area contributed by atoms with E-state index >= 15 is 0 Å². The summed E-state index contributed by atoms with van der Waals surface area (Å²) in [4.78, 5) is 39.4. The van der Waals surface area contributed by atoms with E-state index in [1.54, 1.807) is 6.92 Å². The first kappa shape index (κ1) is 27.9. The second-order valence-electron chi connectivity index (χ2n) is 9.19. The Bertz CT molecular complexity index is 687. The van der Waals surface area contributed by atoms with Gasteiger partial charge in [0, 0.05) is 13.1 Å².